The van der Waals surface area contributed by atoms with Crippen molar-refractivity contribution in [2.75, 3.05) is 19.8 Å². The number of hydrogen-bond acceptors (Lipinski definition) is 5. The molecule has 2 aromatic carbocycles. The quantitative estimate of drug-likeness (QED) is 0.658. The third kappa shape index (κ3) is 4.37. The van der Waals surface area contributed by atoms with Crippen LogP contribution in [0, 0.1) is 0 Å². The van der Waals surface area contributed by atoms with Crippen molar-refractivity contribution in [3.8, 4) is 11.5 Å². The Kier molecular flexibility index (Phi) is 6.01. The Hall–Kier alpha value is -3.55. The van der Waals surface area contributed by atoms with Crippen LogP contribution in [0.2, 0.25) is 0 Å². The molecule has 8 nitrogen and oxygen atoms in total. The van der Waals surface area contributed by atoms with Crippen LogP contribution in [0.1, 0.15) is 56.3 Å². The summed E-state index contributed by atoms with van der Waals surface area (Å²) in [7, 11) is 0. The van der Waals surface area contributed by atoms with Gasteiger partial charge >= 0.3 is 6.03 Å². The van der Waals surface area contributed by atoms with Crippen LogP contribution in [0.25, 0.3) is 0 Å². The highest BCUT2D eigenvalue weighted by molar-refractivity contribution is 6.09. The summed E-state index contributed by atoms with van der Waals surface area (Å²) in [6.07, 6.45) is 0. The van der Waals surface area contributed by atoms with Crippen LogP contribution in [0.15, 0.2) is 42.5 Å². The van der Waals surface area contributed by atoms with Crippen LogP contribution in [0.5, 0.6) is 11.5 Å². The molecule has 0 saturated carbocycles. The first kappa shape index (κ1) is 22.6. The van der Waals surface area contributed by atoms with Crippen LogP contribution < -0.4 is 20.1 Å². The second-order valence-corrected chi connectivity index (χ2v) is 8.92. The molecule has 0 unspecified atom stereocenters. The lowest BCUT2D eigenvalue weighted by Gasteiger charge is -2.23. The van der Waals surface area contributed by atoms with Crippen LogP contribution >= 0.6 is 0 Å². The average molecular weight is 452 g/mol. The first-order valence-corrected chi connectivity index (χ1v) is 11.1. The smallest absolute Gasteiger partial charge is 0.325 e. The van der Waals surface area contributed by atoms with Gasteiger partial charge in [-0.15, -0.1) is 0 Å². The zero-order chi connectivity index (χ0) is 23.8. The Morgan fingerprint density at radius 3 is 2.33 bits per heavy atom. The van der Waals surface area contributed by atoms with E-state index in [9.17, 15) is 14.4 Å². The Labute approximate surface area is 193 Å². The van der Waals surface area contributed by atoms with Gasteiger partial charge in [0.25, 0.3) is 5.91 Å². The Morgan fingerprint density at radius 2 is 1.67 bits per heavy atom. The number of ether oxygens (including phenoxy) is 2. The number of hydrogen-bond donors (Lipinski definition) is 2. The van der Waals surface area contributed by atoms with Gasteiger partial charge in [-0.05, 0) is 48.6 Å². The highest BCUT2D eigenvalue weighted by Crippen LogP contribution is 2.33. The molecular weight excluding hydrogens is 422 g/mol. The minimum absolute atomic E-state index is 0.343. The number of amides is 4. The van der Waals surface area contributed by atoms with Gasteiger partial charge in [0.2, 0.25) is 5.91 Å². The second kappa shape index (κ2) is 8.77. The summed E-state index contributed by atoms with van der Waals surface area (Å²) in [6, 6.07) is 12.2. The maximum absolute atomic E-state index is 13.1. The first-order chi connectivity index (χ1) is 15.7. The van der Waals surface area contributed by atoms with Gasteiger partial charge in [-0.1, -0.05) is 44.2 Å². The maximum atomic E-state index is 13.1. The molecule has 4 amide bonds. The lowest BCUT2D eigenvalue weighted by atomic mass is 9.90. The highest BCUT2D eigenvalue weighted by atomic mass is 16.6. The van der Waals surface area contributed by atoms with E-state index < -0.39 is 23.4 Å². The van der Waals surface area contributed by atoms with E-state index in [1.807, 2.05) is 43.3 Å². The summed E-state index contributed by atoms with van der Waals surface area (Å²) >= 11 is 0. The predicted molar refractivity (Wildman–Crippen MR) is 122 cm³/mol. The molecule has 33 heavy (non-hydrogen) atoms. The lowest BCUT2D eigenvalue weighted by Crippen LogP contribution is -2.43. The zero-order valence-electron chi connectivity index (χ0n) is 19.3. The van der Waals surface area contributed by atoms with Crippen molar-refractivity contribution in [2.45, 2.75) is 45.2 Å². The Balaban J connectivity index is 1.42. The largest absolute Gasteiger partial charge is 0.486 e. The van der Waals surface area contributed by atoms with E-state index in [4.69, 9.17) is 9.47 Å². The molecule has 2 aliphatic rings. The molecule has 2 aliphatic heterocycles. The maximum Gasteiger partial charge on any atom is 0.325 e. The van der Waals surface area contributed by atoms with Gasteiger partial charge in [-0.2, -0.15) is 0 Å². The van der Waals surface area contributed by atoms with Crippen molar-refractivity contribution in [2.24, 2.45) is 0 Å². The number of urea groups is 1. The minimum atomic E-state index is -1.21. The van der Waals surface area contributed by atoms with Gasteiger partial charge < -0.3 is 20.1 Å². The number of carbonyl (C=O) groups is 3. The third-order valence-electron chi connectivity index (χ3n) is 6.18. The highest BCUT2D eigenvalue weighted by Gasteiger charge is 2.49. The number of benzene rings is 2. The topological polar surface area (TPSA) is 97.0 Å². The van der Waals surface area contributed by atoms with E-state index >= 15 is 0 Å². The number of carbonyl (C=O) groups excluding carboxylic acids is 3. The average Bonchev–Trinajstić information content (AvgIpc) is 3.02. The van der Waals surface area contributed by atoms with Crippen molar-refractivity contribution in [3.05, 3.63) is 59.2 Å². The van der Waals surface area contributed by atoms with Crippen molar-refractivity contribution < 1.29 is 23.9 Å². The van der Waals surface area contributed by atoms with E-state index in [1.54, 1.807) is 13.0 Å². The standard InChI is InChI=1S/C25H29N3O5/c1-15(2)17-5-8-19(9-6-17)25(4)23(30)28(24(31)27-25)14-22(29)26-16(3)18-7-10-20-21(13-18)33-12-11-32-20/h5-10,13,15-16H,11-12,14H2,1-4H3,(H,26,29)(H,27,31)/t16-,25+/m1/s1. The molecule has 174 valence electrons. The van der Waals surface area contributed by atoms with Gasteiger partial charge in [-0.25, -0.2) is 4.79 Å². The van der Waals surface area contributed by atoms with Gasteiger partial charge in [0.1, 0.15) is 25.3 Å². The fourth-order valence-corrected chi connectivity index (χ4v) is 4.08. The molecule has 2 atom stereocenters. The molecule has 1 fully saturated rings. The molecule has 2 aromatic rings. The van der Waals surface area contributed by atoms with Gasteiger partial charge in [0.05, 0.1) is 6.04 Å². The van der Waals surface area contributed by atoms with Crippen LogP contribution in [-0.4, -0.2) is 42.5 Å². The summed E-state index contributed by atoms with van der Waals surface area (Å²) in [5.74, 6) is 0.779. The summed E-state index contributed by atoms with van der Waals surface area (Å²) in [5, 5.41) is 5.60. The van der Waals surface area contributed by atoms with Crippen molar-refractivity contribution >= 4 is 17.8 Å². The summed E-state index contributed by atoms with van der Waals surface area (Å²) in [6.45, 7) is 8.28. The lowest BCUT2D eigenvalue weighted by molar-refractivity contribution is -0.135. The molecule has 0 aromatic heterocycles. The van der Waals surface area contributed by atoms with E-state index in [0.29, 0.717) is 36.2 Å². The normalized spacial score (nSPS) is 20.6. The van der Waals surface area contributed by atoms with Gasteiger partial charge in [0.15, 0.2) is 11.5 Å². The van der Waals surface area contributed by atoms with Crippen molar-refractivity contribution in [1.29, 1.82) is 0 Å². The number of fused-ring (bicyclic) bond motifs is 1. The van der Waals surface area contributed by atoms with Crippen LogP contribution in [0.3, 0.4) is 0 Å². The van der Waals surface area contributed by atoms with E-state index in [-0.39, 0.29) is 12.6 Å². The summed E-state index contributed by atoms with van der Waals surface area (Å²) < 4.78 is 11.1. The second-order valence-electron chi connectivity index (χ2n) is 8.92. The predicted octanol–water partition coefficient (Wildman–Crippen LogP) is 3.23. The number of rotatable bonds is 6. The van der Waals surface area contributed by atoms with E-state index in [2.05, 4.69) is 24.5 Å². The molecular formula is C25H29N3O5. The number of nitrogens with zero attached hydrogens (tertiary/aromatic N) is 1. The van der Waals surface area contributed by atoms with Gasteiger partial charge in [0, 0.05) is 0 Å². The molecule has 0 radical (unpaired) electrons. The fraction of sp³-hybridized carbons (Fsp3) is 0.400. The van der Waals surface area contributed by atoms with Crippen LogP contribution in [-0.2, 0) is 15.1 Å². The number of nitrogens with one attached hydrogen (secondary N) is 2. The molecule has 2 heterocycles. The fourth-order valence-electron chi connectivity index (χ4n) is 4.08. The molecule has 4 rings (SSSR count). The Bertz CT molecular complexity index is 1080. The van der Waals surface area contributed by atoms with Crippen molar-refractivity contribution in [3.63, 3.8) is 0 Å². The molecule has 2 N–H and O–H groups in total. The zero-order valence-corrected chi connectivity index (χ0v) is 19.3. The monoisotopic (exact) mass is 451 g/mol. The molecule has 0 spiro atoms. The SMILES string of the molecule is CC(C)c1ccc([C@]2(C)NC(=O)N(CC(=O)N[C@H](C)c3ccc4c(c3)OCCO4)C2=O)cc1. The van der Waals surface area contributed by atoms with Crippen molar-refractivity contribution in [1.82, 2.24) is 15.5 Å². The van der Waals surface area contributed by atoms with E-state index in [0.717, 1.165) is 16.0 Å². The molecule has 8 heteroatoms. The third-order valence-corrected chi connectivity index (χ3v) is 6.18. The molecule has 1 saturated heterocycles. The van der Waals surface area contributed by atoms with Crippen LogP contribution in [0.4, 0.5) is 4.79 Å². The molecule has 0 aliphatic carbocycles. The van der Waals surface area contributed by atoms with Gasteiger partial charge in [-0.3, -0.25) is 14.5 Å². The summed E-state index contributed by atoms with van der Waals surface area (Å²) in [5.41, 5.74) is 1.44. The minimum Gasteiger partial charge on any atom is -0.486 e. The summed E-state index contributed by atoms with van der Waals surface area (Å²) in [4.78, 5) is 39.4. The number of imide groups is 1. The first-order valence-electron chi connectivity index (χ1n) is 11.1. The Morgan fingerprint density at radius 1 is 1.03 bits per heavy atom. The molecule has 0 bridgehead atoms. The van der Waals surface area contributed by atoms with E-state index in [1.165, 1.54) is 0 Å².